The Balaban J connectivity index is 1.57. The van der Waals surface area contributed by atoms with Crippen LogP contribution in [0.15, 0.2) is 12.2 Å². The first-order valence-electron chi connectivity index (χ1n) is 12.8. The number of hydrogen-bond acceptors (Lipinski definition) is 4. The third-order valence-electron chi connectivity index (χ3n) is 10.7. The van der Waals surface area contributed by atoms with Gasteiger partial charge in [0.15, 0.2) is 0 Å². The molecule has 0 spiro atoms. The summed E-state index contributed by atoms with van der Waals surface area (Å²) < 4.78 is 0. The zero-order valence-corrected chi connectivity index (χ0v) is 20.1. The van der Waals surface area contributed by atoms with Crippen LogP contribution in [0.1, 0.15) is 85.5 Å². The minimum Gasteiger partial charge on any atom is -0.393 e. The molecule has 0 aromatic carbocycles. The Kier molecular flexibility index (Phi) is 6.44. The Morgan fingerprint density at radius 3 is 2.42 bits per heavy atom. The molecule has 0 aromatic heterocycles. The molecule has 0 heterocycles. The SMILES string of the molecule is C=C(C)CC(O)C[C@@H](C)[C@H]1CC[C@H]2[C@@H]3[C@H](O)C[C@@H]4C[C@H](O)CC[C@]4(C)[C@H]3C[C@H](O)[C@]12C. The van der Waals surface area contributed by atoms with Crippen molar-refractivity contribution < 1.29 is 20.4 Å². The van der Waals surface area contributed by atoms with Gasteiger partial charge in [-0.2, -0.15) is 0 Å². The summed E-state index contributed by atoms with van der Waals surface area (Å²) in [6.45, 7) is 12.8. The van der Waals surface area contributed by atoms with Gasteiger partial charge in [0.05, 0.1) is 24.4 Å². The van der Waals surface area contributed by atoms with Crippen LogP contribution in [0.5, 0.6) is 0 Å². The molecule has 0 bridgehead atoms. The van der Waals surface area contributed by atoms with E-state index in [0.29, 0.717) is 36.0 Å². The highest BCUT2D eigenvalue weighted by molar-refractivity contribution is 5.14. The summed E-state index contributed by atoms with van der Waals surface area (Å²) in [6, 6.07) is 0. The molecule has 4 heteroatoms. The zero-order chi connectivity index (χ0) is 22.7. The summed E-state index contributed by atoms with van der Waals surface area (Å²) >= 11 is 0. The van der Waals surface area contributed by atoms with E-state index >= 15 is 0 Å². The van der Waals surface area contributed by atoms with Gasteiger partial charge < -0.3 is 20.4 Å². The highest BCUT2D eigenvalue weighted by Gasteiger charge is 2.65. The molecule has 0 aromatic rings. The summed E-state index contributed by atoms with van der Waals surface area (Å²) in [7, 11) is 0. The first-order chi connectivity index (χ1) is 14.5. The molecule has 178 valence electrons. The summed E-state index contributed by atoms with van der Waals surface area (Å²) in [5.74, 6) is 2.00. The molecule has 4 N–H and O–H groups in total. The van der Waals surface area contributed by atoms with Gasteiger partial charge in [0.2, 0.25) is 0 Å². The first kappa shape index (κ1) is 23.7. The molecule has 4 aliphatic rings. The molecule has 0 amide bonds. The second-order valence-corrected chi connectivity index (χ2v) is 12.6. The molecule has 0 saturated heterocycles. The minimum atomic E-state index is -0.364. The van der Waals surface area contributed by atoms with Gasteiger partial charge in [-0.15, -0.1) is 6.58 Å². The van der Waals surface area contributed by atoms with Crippen molar-refractivity contribution in [2.45, 2.75) is 110 Å². The molecule has 0 aliphatic heterocycles. The van der Waals surface area contributed by atoms with Crippen molar-refractivity contribution in [3.05, 3.63) is 12.2 Å². The maximum atomic E-state index is 11.6. The van der Waals surface area contributed by atoms with E-state index in [-0.39, 0.29) is 41.2 Å². The van der Waals surface area contributed by atoms with Crippen LogP contribution in [0.3, 0.4) is 0 Å². The fraction of sp³-hybridized carbons (Fsp3) is 0.926. The third kappa shape index (κ3) is 3.84. The van der Waals surface area contributed by atoms with E-state index in [2.05, 4.69) is 27.4 Å². The predicted octanol–water partition coefficient (Wildman–Crippen LogP) is 4.30. The van der Waals surface area contributed by atoms with Gasteiger partial charge in [-0.3, -0.25) is 0 Å². The molecule has 4 nitrogen and oxygen atoms in total. The monoisotopic (exact) mass is 434 g/mol. The minimum absolute atomic E-state index is 0.118. The summed E-state index contributed by atoms with van der Waals surface area (Å²) in [5.41, 5.74) is 0.941. The molecule has 31 heavy (non-hydrogen) atoms. The van der Waals surface area contributed by atoms with Gasteiger partial charge in [-0.25, -0.2) is 0 Å². The molecule has 4 saturated carbocycles. The summed E-state index contributed by atoms with van der Waals surface area (Å²) in [4.78, 5) is 0. The zero-order valence-electron chi connectivity index (χ0n) is 20.1. The van der Waals surface area contributed by atoms with E-state index in [1.54, 1.807) is 0 Å². The molecule has 12 atom stereocenters. The van der Waals surface area contributed by atoms with Gasteiger partial charge in [0, 0.05) is 0 Å². The Morgan fingerprint density at radius 1 is 1.03 bits per heavy atom. The number of hydrogen-bond donors (Lipinski definition) is 4. The van der Waals surface area contributed by atoms with E-state index < -0.39 is 0 Å². The van der Waals surface area contributed by atoms with Crippen molar-refractivity contribution in [1.29, 1.82) is 0 Å². The van der Waals surface area contributed by atoms with Gasteiger partial charge in [-0.1, -0.05) is 26.3 Å². The Labute approximate surface area is 189 Å². The highest BCUT2D eigenvalue weighted by Crippen LogP contribution is 2.68. The average molecular weight is 435 g/mol. The lowest BCUT2D eigenvalue weighted by molar-refractivity contribution is -0.207. The van der Waals surface area contributed by atoms with Crippen molar-refractivity contribution in [1.82, 2.24) is 0 Å². The standard InChI is InChI=1S/C27H46O4/c1-15(2)10-19(29)11-16(3)20-6-7-21-25-22(14-24(31)27(20,21)5)26(4)9-8-18(28)12-17(26)13-23(25)30/h16-25,28-31H,1,6-14H2,2-5H3/t16-,17+,18-,19?,20-,21+,22+,23-,24+,25+,26+,27-/m1/s1. The molecular weight excluding hydrogens is 388 g/mol. The maximum Gasteiger partial charge on any atom is 0.0602 e. The van der Waals surface area contributed by atoms with E-state index in [1.807, 2.05) is 6.92 Å². The van der Waals surface area contributed by atoms with Crippen LogP contribution in [0.25, 0.3) is 0 Å². The van der Waals surface area contributed by atoms with Crippen LogP contribution in [0, 0.1) is 46.3 Å². The molecule has 1 unspecified atom stereocenters. The van der Waals surface area contributed by atoms with Crippen molar-refractivity contribution >= 4 is 0 Å². The van der Waals surface area contributed by atoms with Crippen molar-refractivity contribution in [2.75, 3.05) is 0 Å². The van der Waals surface area contributed by atoms with Crippen LogP contribution in [-0.2, 0) is 0 Å². The third-order valence-corrected chi connectivity index (χ3v) is 10.7. The van der Waals surface area contributed by atoms with E-state index in [1.165, 1.54) is 0 Å². The molecule has 4 fully saturated rings. The molecular formula is C27H46O4. The lowest BCUT2D eigenvalue weighted by Gasteiger charge is -2.63. The van der Waals surface area contributed by atoms with E-state index in [9.17, 15) is 20.4 Å². The van der Waals surface area contributed by atoms with Gasteiger partial charge >= 0.3 is 0 Å². The normalized spacial score (nSPS) is 51.4. The highest BCUT2D eigenvalue weighted by atomic mass is 16.3. The number of fused-ring (bicyclic) bond motifs is 5. The first-order valence-corrected chi connectivity index (χ1v) is 12.8. The second kappa shape index (κ2) is 8.42. The summed E-state index contributed by atoms with van der Waals surface area (Å²) in [6.07, 6.45) is 6.50. The molecule has 4 rings (SSSR count). The van der Waals surface area contributed by atoms with Crippen LogP contribution >= 0.6 is 0 Å². The van der Waals surface area contributed by atoms with Crippen molar-refractivity contribution in [2.24, 2.45) is 46.3 Å². The van der Waals surface area contributed by atoms with Gasteiger partial charge in [-0.05, 0) is 111 Å². The molecule has 4 aliphatic carbocycles. The predicted molar refractivity (Wildman–Crippen MR) is 123 cm³/mol. The lowest BCUT2D eigenvalue weighted by Crippen LogP contribution is -2.62. The lowest BCUT2D eigenvalue weighted by atomic mass is 9.43. The maximum absolute atomic E-state index is 11.6. The fourth-order valence-corrected chi connectivity index (χ4v) is 9.21. The number of aliphatic hydroxyl groups is 4. The van der Waals surface area contributed by atoms with Crippen LogP contribution < -0.4 is 0 Å². The average Bonchev–Trinajstić information content (AvgIpc) is 3.02. The largest absolute Gasteiger partial charge is 0.393 e. The number of aliphatic hydroxyl groups excluding tert-OH is 4. The fourth-order valence-electron chi connectivity index (χ4n) is 9.21. The van der Waals surface area contributed by atoms with Crippen LogP contribution in [0.4, 0.5) is 0 Å². The quantitative estimate of drug-likeness (QED) is 0.486. The van der Waals surface area contributed by atoms with Gasteiger partial charge in [0.25, 0.3) is 0 Å². The Bertz CT molecular complexity index is 678. The van der Waals surface area contributed by atoms with Crippen LogP contribution in [-0.4, -0.2) is 44.8 Å². The van der Waals surface area contributed by atoms with E-state index in [0.717, 1.165) is 56.9 Å². The second-order valence-electron chi connectivity index (χ2n) is 12.6. The number of rotatable bonds is 5. The topological polar surface area (TPSA) is 80.9 Å². The van der Waals surface area contributed by atoms with Crippen LogP contribution in [0.2, 0.25) is 0 Å². The Morgan fingerprint density at radius 2 is 1.74 bits per heavy atom. The summed E-state index contributed by atoms with van der Waals surface area (Å²) in [5, 5.41) is 43.7. The smallest absolute Gasteiger partial charge is 0.0602 e. The van der Waals surface area contributed by atoms with E-state index in [4.69, 9.17) is 0 Å². The van der Waals surface area contributed by atoms with Gasteiger partial charge in [0.1, 0.15) is 0 Å². The molecule has 0 radical (unpaired) electrons. The Hall–Kier alpha value is -0.420. The van der Waals surface area contributed by atoms with Crippen molar-refractivity contribution in [3.8, 4) is 0 Å². The van der Waals surface area contributed by atoms with Crippen molar-refractivity contribution in [3.63, 3.8) is 0 Å².